The molecule has 1 unspecified atom stereocenters. The fraction of sp³-hybridized carbons (Fsp3) is 0.111. The first-order chi connectivity index (χ1) is 13.0. The predicted octanol–water partition coefficient (Wildman–Crippen LogP) is 3.70. The van der Waals surface area contributed by atoms with Crippen molar-refractivity contribution in [1.82, 2.24) is 9.78 Å². The monoisotopic (exact) mass is 403 g/mol. The highest BCUT2D eigenvalue weighted by atomic mass is 32.1. The minimum absolute atomic E-state index is 0.0505. The van der Waals surface area contributed by atoms with Crippen molar-refractivity contribution in [1.29, 1.82) is 0 Å². The maximum atomic E-state index is 12.2. The van der Waals surface area contributed by atoms with Crippen molar-refractivity contribution in [3.8, 4) is 10.6 Å². The molecule has 2 N–H and O–H groups in total. The van der Waals surface area contributed by atoms with E-state index < -0.39 is 8.25 Å². The molecule has 0 aliphatic rings. The van der Waals surface area contributed by atoms with Crippen LogP contribution in [-0.2, 0) is 27.5 Å². The van der Waals surface area contributed by atoms with E-state index in [9.17, 15) is 9.36 Å². The van der Waals surface area contributed by atoms with E-state index in [4.69, 9.17) is 4.89 Å². The molecule has 0 saturated carbocycles. The van der Waals surface area contributed by atoms with Gasteiger partial charge in [-0.25, -0.2) is 0 Å². The Labute approximate surface area is 160 Å². The summed E-state index contributed by atoms with van der Waals surface area (Å²) in [5, 5.41) is 9.03. The third-order valence-electron chi connectivity index (χ3n) is 3.72. The van der Waals surface area contributed by atoms with Crippen LogP contribution in [0.1, 0.15) is 11.1 Å². The molecule has 0 saturated heterocycles. The van der Waals surface area contributed by atoms with Crippen molar-refractivity contribution in [2.24, 2.45) is 7.05 Å². The summed E-state index contributed by atoms with van der Waals surface area (Å²) in [7, 11) is -1.08. The summed E-state index contributed by atoms with van der Waals surface area (Å²) < 4.78 is 17.0. The highest BCUT2D eigenvalue weighted by molar-refractivity contribution is 7.32. The zero-order chi connectivity index (χ0) is 19.2. The summed E-state index contributed by atoms with van der Waals surface area (Å²) >= 11 is 1.61. The zero-order valence-corrected chi connectivity index (χ0v) is 16.3. The van der Waals surface area contributed by atoms with Crippen LogP contribution in [0.2, 0.25) is 0 Å². The average Bonchev–Trinajstić information content (AvgIpc) is 3.28. The number of thiophene rings is 1. The second-order valence-corrected chi connectivity index (χ2v) is 7.39. The van der Waals surface area contributed by atoms with Crippen molar-refractivity contribution in [3.63, 3.8) is 0 Å². The van der Waals surface area contributed by atoms with Gasteiger partial charge in [-0.05, 0) is 35.2 Å². The van der Waals surface area contributed by atoms with Crippen LogP contribution in [0.3, 0.4) is 0 Å². The minimum Gasteiger partial charge on any atom is -0.326 e. The van der Waals surface area contributed by atoms with E-state index in [0.717, 1.165) is 21.7 Å². The first-order valence-electron chi connectivity index (χ1n) is 8.02. The number of nitrogens with zero attached hydrogens (tertiary/aromatic N) is 2. The van der Waals surface area contributed by atoms with Gasteiger partial charge in [0.25, 0.3) is 0 Å². The van der Waals surface area contributed by atoms with E-state index in [2.05, 4.69) is 14.9 Å². The molecular formula is C18H18N3O4PS. The number of aromatic nitrogens is 2. The third kappa shape index (κ3) is 5.24. The molecule has 7 nitrogen and oxygen atoms in total. The van der Waals surface area contributed by atoms with E-state index in [-0.39, 0.29) is 12.5 Å². The molecule has 0 fully saturated rings. The van der Waals surface area contributed by atoms with Crippen molar-refractivity contribution >= 4 is 37.3 Å². The number of aryl methyl sites for hydroxylation is 1. The summed E-state index contributed by atoms with van der Waals surface area (Å²) in [5.41, 5.74) is 3.19. The molecule has 0 spiro atoms. The number of rotatable bonds is 7. The Balaban J connectivity index is 1.64. The number of anilines is 1. The van der Waals surface area contributed by atoms with E-state index in [1.54, 1.807) is 52.6 Å². The van der Waals surface area contributed by atoms with Crippen molar-refractivity contribution in [3.05, 3.63) is 65.2 Å². The normalized spacial score (nSPS) is 12.4. The van der Waals surface area contributed by atoms with Crippen LogP contribution in [0.4, 0.5) is 5.69 Å². The molecule has 0 aliphatic carbocycles. The summed E-state index contributed by atoms with van der Waals surface area (Å²) in [6.07, 6.45) is 4.92. The molecule has 2 heterocycles. The molecule has 0 radical (unpaired) electrons. The second kappa shape index (κ2) is 8.92. The average molecular weight is 403 g/mol. The van der Waals surface area contributed by atoms with Gasteiger partial charge in [0.15, 0.2) is 0 Å². The Hall–Kier alpha value is -2.51. The van der Waals surface area contributed by atoms with Crippen LogP contribution in [0, 0.1) is 0 Å². The number of hydrogen-bond donors (Lipinski definition) is 2. The lowest BCUT2D eigenvalue weighted by molar-refractivity contribution is -0.111. The van der Waals surface area contributed by atoms with Crippen LogP contribution in [0.25, 0.3) is 16.6 Å². The first-order valence-corrected chi connectivity index (χ1v) is 10.2. The lowest BCUT2D eigenvalue weighted by Crippen LogP contribution is -2.07. The van der Waals surface area contributed by atoms with E-state index in [1.807, 2.05) is 24.6 Å². The molecular weight excluding hydrogens is 385 g/mol. The highest BCUT2D eigenvalue weighted by Gasteiger charge is 2.10. The largest absolute Gasteiger partial charge is 0.326 e. The van der Waals surface area contributed by atoms with Gasteiger partial charge in [0.2, 0.25) is 5.91 Å². The molecule has 0 aliphatic heterocycles. The highest BCUT2D eigenvalue weighted by Crippen LogP contribution is 2.28. The maximum Gasteiger partial charge on any atom is 0.316 e. The lowest BCUT2D eigenvalue weighted by Gasteiger charge is -2.05. The van der Waals surface area contributed by atoms with E-state index >= 15 is 0 Å². The molecule has 1 aromatic carbocycles. The van der Waals surface area contributed by atoms with Gasteiger partial charge in [0, 0.05) is 24.4 Å². The first kappa shape index (κ1) is 19.3. The SMILES string of the molecule is Cn1ncc(C=CC(=O)Nc2ccc(CO[PH](=O)O)cc2)c1-c1cccs1. The van der Waals surface area contributed by atoms with Gasteiger partial charge in [-0.15, -0.1) is 11.3 Å². The molecule has 9 heteroatoms. The predicted molar refractivity (Wildman–Crippen MR) is 107 cm³/mol. The molecule has 0 bridgehead atoms. The standard InChI is InChI=1S/C18H18N3O4PS/c1-21-18(16-3-2-10-27-16)14(11-19-21)6-9-17(22)20-15-7-4-13(5-8-15)12-25-26(23)24/h2-11,26H,12H2,1H3,(H,20,22)(H,23,24). The van der Waals surface area contributed by atoms with Crippen LogP contribution in [0.5, 0.6) is 0 Å². The van der Waals surface area contributed by atoms with Gasteiger partial charge >= 0.3 is 8.25 Å². The molecule has 1 atom stereocenters. The summed E-state index contributed by atoms with van der Waals surface area (Å²) in [6, 6.07) is 10.8. The van der Waals surface area contributed by atoms with Gasteiger partial charge in [0.1, 0.15) is 0 Å². The maximum absolute atomic E-state index is 12.2. The summed E-state index contributed by atoms with van der Waals surface area (Å²) in [6.45, 7) is 0.0505. The number of carbonyl (C=O) groups excluding carboxylic acids is 1. The molecule has 140 valence electrons. The van der Waals surface area contributed by atoms with Crippen molar-refractivity contribution in [2.75, 3.05) is 5.32 Å². The Morgan fingerprint density at radius 3 is 2.81 bits per heavy atom. The van der Waals surface area contributed by atoms with Crippen LogP contribution < -0.4 is 5.32 Å². The van der Waals surface area contributed by atoms with Crippen LogP contribution in [-0.4, -0.2) is 20.6 Å². The van der Waals surface area contributed by atoms with Gasteiger partial charge in [-0.3, -0.25) is 14.0 Å². The fourth-order valence-corrected chi connectivity index (χ4v) is 3.58. The van der Waals surface area contributed by atoms with Crippen molar-refractivity contribution in [2.45, 2.75) is 6.61 Å². The Morgan fingerprint density at radius 2 is 2.15 bits per heavy atom. The van der Waals surface area contributed by atoms with Crippen molar-refractivity contribution < 1.29 is 18.8 Å². The Morgan fingerprint density at radius 1 is 1.37 bits per heavy atom. The molecule has 1 amide bonds. The van der Waals surface area contributed by atoms with Crippen LogP contribution in [0.15, 0.2) is 54.1 Å². The fourth-order valence-electron chi connectivity index (χ4n) is 2.47. The molecule has 27 heavy (non-hydrogen) atoms. The molecule has 3 aromatic rings. The smallest absolute Gasteiger partial charge is 0.316 e. The molecule has 3 rings (SSSR count). The van der Waals surface area contributed by atoms with E-state index in [0.29, 0.717) is 5.69 Å². The van der Waals surface area contributed by atoms with Crippen LogP contribution >= 0.6 is 19.6 Å². The number of carbonyl (C=O) groups is 1. The quantitative estimate of drug-likeness (QED) is 0.463. The number of amides is 1. The van der Waals surface area contributed by atoms with Gasteiger partial charge in [-0.1, -0.05) is 18.2 Å². The van der Waals surface area contributed by atoms with Gasteiger partial charge < -0.3 is 14.7 Å². The number of nitrogens with one attached hydrogen (secondary N) is 1. The minimum atomic E-state index is -2.95. The molecule has 2 aromatic heterocycles. The van der Waals surface area contributed by atoms with Gasteiger partial charge in [0.05, 0.1) is 23.4 Å². The summed E-state index contributed by atoms with van der Waals surface area (Å²) in [5.74, 6) is -0.264. The Kier molecular flexibility index (Phi) is 6.36. The lowest BCUT2D eigenvalue weighted by atomic mass is 10.2. The topological polar surface area (TPSA) is 93.5 Å². The van der Waals surface area contributed by atoms with E-state index in [1.165, 1.54) is 6.08 Å². The summed E-state index contributed by atoms with van der Waals surface area (Å²) in [4.78, 5) is 21.9. The Bertz CT molecular complexity index is 965. The van der Waals surface area contributed by atoms with Gasteiger partial charge in [-0.2, -0.15) is 5.10 Å². The third-order valence-corrected chi connectivity index (χ3v) is 4.99. The second-order valence-electron chi connectivity index (χ2n) is 5.62. The zero-order valence-electron chi connectivity index (χ0n) is 14.5. The number of hydrogen-bond acceptors (Lipinski definition) is 5. The number of benzene rings is 1.